The Morgan fingerprint density at radius 1 is 1.43 bits per heavy atom. The third-order valence-electron chi connectivity index (χ3n) is 3.43. The van der Waals surface area contributed by atoms with E-state index in [1.165, 1.54) is 38.5 Å². The van der Waals surface area contributed by atoms with E-state index >= 15 is 0 Å². The molecule has 14 heavy (non-hydrogen) atoms. The van der Waals surface area contributed by atoms with Gasteiger partial charge in [-0.2, -0.15) is 0 Å². The molecule has 80 valence electrons. The number of unbranched alkanes of at least 4 members (excludes halogenated alkanes) is 1. The predicted octanol–water partition coefficient (Wildman–Crippen LogP) is 4.87. The Balaban J connectivity index is 2.51. The molecule has 0 radical (unpaired) electrons. The van der Waals surface area contributed by atoms with Crippen molar-refractivity contribution in [3.8, 4) is 0 Å². The number of rotatable bonds is 4. The van der Waals surface area contributed by atoms with Crippen LogP contribution in [0.4, 0.5) is 0 Å². The van der Waals surface area contributed by atoms with Crippen molar-refractivity contribution >= 4 is 0 Å². The van der Waals surface area contributed by atoms with Crippen LogP contribution in [0.25, 0.3) is 0 Å². The van der Waals surface area contributed by atoms with Crippen molar-refractivity contribution in [3.63, 3.8) is 0 Å². The fourth-order valence-electron chi connectivity index (χ4n) is 2.09. The van der Waals surface area contributed by atoms with Crippen LogP contribution in [-0.4, -0.2) is 0 Å². The van der Waals surface area contributed by atoms with Gasteiger partial charge in [0.15, 0.2) is 0 Å². The van der Waals surface area contributed by atoms with E-state index in [4.69, 9.17) is 0 Å². The molecule has 0 amide bonds. The highest BCUT2D eigenvalue weighted by Gasteiger charge is 2.24. The Labute approximate surface area is 89.1 Å². The van der Waals surface area contributed by atoms with E-state index in [-0.39, 0.29) is 0 Å². The summed E-state index contributed by atoms with van der Waals surface area (Å²) in [4.78, 5) is 0. The Hall–Kier alpha value is -0.520. The van der Waals surface area contributed by atoms with Gasteiger partial charge in [0.05, 0.1) is 0 Å². The summed E-state index contributed by atoms with van der Waals surface area (Å²) < 4.78 is 0. The molecule has 0 aromatic heterocycles. The van der Waals surface area contributed by atoms with Gasteiger partial charge in [-0.15, -0.1) is 0 Å². The summed E-state index contributed by atoms with van der Waals surface area (Å²) in [5.74, 6) is 0. The molecule has 0 nitrogen and oxygen atoms in total. The fourth-order valence-corrected chi connectivity index (χ4v) is 2.09. The topological polar surface area (TPSA) is 0 Å². The lowest BCUT2D eigenvalue weighted by Crippen LogP contribution is -2.18. The summed E-state index contributed by atoms with van der Waals surface area (Å²) >= 11 is 0. The molecule has 1 unspecified atom stereocenters. The smallest absolute Gasteiger partial charge is 0.0228 e. The van der Waals surface area contributed by atoms with Crippen LogP contribution in [0.15, 0.2) is 23.8 Å². The van der Waals surface area contributed by atoms with Crippen molar-refractivity contribution in [1.82, 2.24) is 0 Å². The largest absolute Gasteiger partial charge is 0.0843 e. The number of allylic oxidation sites excluding steroid dienone is 4. The normalized spacial score (nSPS) is 28.1. The van der Waals surface area contributed by atoms with Gasteiger partial charge in [-0.1, -0.05) is 57.4 Å². The Kier molecular flexibility index (Phi) is 4.44. The van der Waals surface area contributed by atoms with E-state index in [1.807, 2.05) is 0 Å². The second-order valence-electron chi connectivity index (χ2n) is 4.85. The Morgan fingerprint density at radius 2 is 2.21 bits per heavy atom. The van der Waals surface area contributed by atoms with Crippen molar-refractivity contribution < 1.29 is 0 Å². The molecule has 1 aliphatic rings. The zero-order valence-corrected chi connectivity index (χ0v) is 9.97. The van der Waals surface area contributed by atoms with Crippen molar-refractivity contribution in [2.45, 2.75) is 59.3 Å². The highest BCUT2D eigenvalue weighted by Crippen LogP contribution is 2.38. The number of hydrogen-bond acceptors (Lipinski definition) is 0. The summed E-state index contributed by atoms with van der Waals surface area (Å²) in [7, 11) is 0. The van der Waals surface area contributed by atoms with Gasteiger partial charge in [-0.3, -0.25) is 0 Å². The van der Waals surface area contributed by atoms with Crippen LogP contribution < -0.4 is 0 Å². The summed E-state index contributed by atoms with van der Waals surface area (Å²) in [6.07, 6.45) is 14.8. The third kappa shape index (κ3) is 3.32. The Morgan fingerprint density at radius 3 is 2.86 bits per heavy atom. The van der Waals surface area contributed by atoms with Gasteiger partial charge in [0.2, 0.25) is 0 Å². The van der Waals surface area contributed by atoms with Gasteiger partial charge in [0, 0.05) is 0 Å². The number of hydrogen-bond donors (Lipinski definition) is 0. The van der Waals surface area contributed by atoms with Gasteiger partial charge in [0.1, 0.15) is 0 Å². The van der Waals surface area contributed by atoms with E-state index in [0.29, 0.717) is 5.41 Å². The van der Waals surface area contributed by atoms with Crippen LogP contribution in [0.1, 0.15) is 59.3 Å². The van der Waals surface area contributed by atoms with Crippen LogP contribution in [0.2, 0.25) is 0 Å². The van der Waals surface area contributed by atoms with Crippen LogP contribution in [-0.2, 0) is 0 Å². The minimum atomic E-state index is 0.570. The lowest BCUT2D eigenvalue weighted by molar-refractivity contribution is 0.275. The molecule has 0 bridgehead atoms. The molecule has 0 aromatic rings. The van der Waals surface area contributed by atoms with E-state index in [1.54, 1.807) is 5.57 Å². The lowest BCUT2D eigenvalue weighted by atomic mass is 9.74. The summed E-state index contributed by atoms with van der Waals surface area (Å²) in [6.45, 7) is 6.97. The van der Waals surface area contributed by atoms with Gasteiger partial charge in [-0.05, 0) is 31.1 Å². The van der Waals surface area contributed by atoms with E-state index in [2.05, 4.69) is 39.0 Å². The van der Waals surface area contributed by atoms with Crippen molar-refractivity contribution in [1.29, 1.82) is 0 Å². The molecule has 0 saturated heterocycles. The lowest BCUT2D eigenvalue weighted by Gasteiger charge is -2.32. The SMILES string of the molecule is CCCC=CC1=CCCC(C)(CC)C1. The molecule has 1 aliphatic carbocycles. The maximum Gasteiger partial charge on any atom is -0.0228 e. The highest BCUT2D eigenvalue weighted by molar-refractivity contribution is 5.22. The maximum absolute atomic E-state index is 2.42. The fraction of sp³-hybridized carbons (Fsp3) is 0.714. The van der Waals surface area contributed by atoms with E-state index < -0.39 is 0 Å². The van der Waals surface area contributed by atoms with Gasteiger partial charge < -0.3 is 0 Å². The maximum atomic E-state index is 2.42. The molecule has 0 saturated carbocycles. The van der Waals surface area contributed by atoms with Crippen LogP contribution in [0.5, 0.6) is 0 Å². The monoisotopic (exact) mass is 192 g/mol. The van der Waals surface area contributed by atoms with Crippen LogP contribution in [0, 0.1) is 5.41 Å². The second kappa shape index (κ2) is 5.38. The Bertz CT molecular complexity index is 222. The zero-order chi connectivity index (χ0) is 10.4. The van der Waals surface area contributed by atoms with E-state index in [0.717, 1.165) is 0 Å². The molecule has 0 aliphatic heterocycles. The summed E-state index contributed by atoms with van der Waals surface area (Å²) in [5, 5.41) is 0. The first-order valence-corrected chi connectivity index (χ1v) is 6.06. The first-order valence-electron chi connectivity index (χ1n) is 6.06. The van der Waals surface area contributed by atoms with Crippen molar-refractivity contribution in [2.24, 2.45) is 5.41 Å². The van der Waals surface area contributed by atoms with Gasteiger partial charge >= 0.3 is 0 Å². The van der Waals surface area contributed by atoms with Crippen LogP contribution in [0.3, 0.4) is 0 Å². The predicted molar refractivity (Wildman–Crippen MR) is 64.4 cm³/mol. The van der Waals surface area contributed by atoms with Gasteiger partial charge in [-0.25, -0.2) is 0 Å². The average molecular weight is 192 g/mol. The molecule has 0 fully saturated rings. The molecule has 1 atom stereocenters. The molecule has 0 aromatic carbocycles. The standard InChI is InChI=1S/C14H24/c1-4-6-7-9-13-10-8-11-14(3,5-2)12-13/h7,9-10H,4-6,8,11-12H2,1-3H3. The molecule has 0 N–H and O–H groups in total. The molecule has 0 heteroatoms. The molecular formula is C14H24. The quantitative estimate of drug-likeness (QED) is 0.596. The first-order chi connectivity index (χ1) is 6.70. The van der Waals surface area contributed by atoms with Gasteiger partial charge in [0.25, 0.3) is 0 Å². The minimum Gasteiger partial charge on any atom is -0.0843 e. The third-order valence-corrected chi connectivity index (χ3v) is 3.43. The summed E-state index contributed by atoms with van der Waals surface area (Å²) in [6, 6.07) is 0. The first kappa shape index (κ1) is 11.6. The molecule has 1 rings (SSSR count). The molecule has 0 heterocycles. The zero-order valence-electron chi connectivity index (χ0n) is 9.97. The highest BCUT2D eigenvalue weighted by atomic mass is 14.3. The average Bonchev–Trinajstić information content (AvgIpc) is 2.19. The molecule has 0 spiro atoms. The minimum absolute atomic E-state index is 0.570. The second-order valence-corrected chi connectivity index (χ2v) is 4.85. The van der Waals surface area contributed by atoms with Crippen molar-refractivity contribution in [2.75, 3.05) is 0 Å². The summed E-state index contributed by atoms with van der Waals surface area (Å²) in [5.41, 5.74) is 2.13. The van der Waals surface area contributed by atoms with E-state index in [9.17, 15) is 0 Å². The van der Waals surface area contributed by atoms with Crippen molar-refractivity contribution in [3.05, 3.63) is 23.8 Å². The molecular weight excluding hydrogens is 168 g/mol. The van der Waals surface area contributed by atoms with Crippen LogP contribution >= 0.6 is 0 Å².